The molecule has 0 aromatic heterocycles. The van der Waals surface area contributed by atoms with Crippen LogP contribution in [-0.2, 0) is 9.53 Å². The number of carbonyl (C=O) groups is 2. The van der Waals surface area contributed by atoms with Gasteiger partial charge in [0.05, 0.1) is 19.1 Å². The maximum absolute atomic E-state index is 12.6. The number of hydrogen-bond donors (Lipinski definition) is 2. The second-order valence-electron chi connectivity index (χ2n) is 6.08. The molecule has 0 radical (unpaired) electrons. The molecular formula is C14H25N3O4. The molecule has 120 valence electrons. The van der Waals surface area contributed by atoms with Crippen molar-refractivity contribution in [3.8, 4) is 0 Å². The summed E-state index contributed by atoms with van der Waals surface area (Å²) in [6.07, 6.45) is -0.261. The largest absolute Gasteiger partial charge is 0.465 e. The van der Waals surface area contributed by atoms with Crippen molar-refractivity contribution in [1.82, 2.24) is 15.1 Å². The number of likely N-dealkylation sites (tertiary alicyclic amines) is 1. The number of rotatable bonds is 3. The second kappa shape index (κ2) is 7.09. The highest BCUT2D eigenvalue weighted by Crippen LogP contribution is 2.20. The van der Waals surface area contributed by atoms with Crippen LogP contribution < -0.4 is 5.32 Å². The summed E-state index contributed by atoms with van der Waals surface area (Å²) in [5, 5.41) is 12.6. The van der Waals surface area contributed by atoms with Crippen molar-refractivity contribution in [3.05, 3.63) is 0 Å². The lowest BCUT2D eigenvalue weighted by Gasteiger charge is -2.39. The van der Waals surface area contributed by atoms with Crippen LogP contribution in [0.1, 0.15) is 20.3 Å². The predicted octanol–water partition coefficient (Wildman–Crippen LogP) is 0.212. The molecule has 0 aromatic rings. The smallest absolute Gasteiger partial charge is 0.407 e. The lowest BCUT2D eigenvalue weighted by molar-refractivity contribution is -0.141. The fourth-order valence-corrected chi connectivity index (χ4v) is 3.07. The van der Waals surface area contributed by atoms with Crippen molar-refractivity contribution < 1.29 is 19.4 Å². The van der Waals surface area contributed by atoms with Gasteiger partial charge in [0.15, 0.2) is 0 Å². The Balaban J connectivity index is 2.02. The van der Waals surface area contributed by atoms with Crippen molar-refractivity contribution in [2.45, 2.75) is 32.4 Å². The first-order valence-electron chi connectivity index (χ1n) is 7.58. The molecular weight excluding hydrogens is 274 g/mol. The van der Waals surface area contributed by atoms with Gasteiger partial charge in [0.2, 0.25) is 5.91 Å². The molecule has 2 amide bonds. The van der Waals surface area contributed by atoms with Crippen molar-refractivity contribution in [2.24, 2.45) is 5.92 Å². The van der Waals surface area contributed by atoms with E-state index in [1.54, 1.807) is 4.90 Å². The van der Waals surface area contributed by atoms with Crippen LogP contribution in [-0.4, -0.2) is 78.4 Å². The van der Waals surface area contributed by atoms with Gasteiger partial charge in [-0.1, -0.05) is 13.8 Å². The number of carbonyl (C=O) groups excluding carboxylic acids is 1. The van der Waals surface area contributed by atoms with E-state index in [2.05, 4.69) is 5.32 Å². The summed E-state index contributed by atoms with van der Waals surface area (Å²) in [7, 11) is 0. The standard InChI is InChI=1S/C14H25N3O4/c1-10(2)15-12-7-11(8-17(9-12)14(19)20)13(18)16-3-5-21-6-4-16/h10-12,15H,3-9H2,1-2H3,(H,19,20)/t11-,12+/m1/s1. The summed E-state index contributed by atoms with van der Waals surface area (Å²) >= 11 is 0. The van der Waals surface area contributed by atoms with E-state index < -0.39 is 6.09 Å². The number of hydrogen-bond acceptors (Lipinski definition) is 4. The molecule has 0 spiro atoms. The Morgan fingerprint density at radius 2 is 1.86 bits per heavy atom. The zero-order valence-electron chi connectivity index (χ0n) is 12.7. The third-order valence-corrected chi connectivity index (χ3v) is 3.96. The fraction of sp³-hybridized carbons (Fsp3) is 0.857. The summed E-state index contributed by atoms with van der Waals surface area (Å²) in [6, 6.07) is 0.299. The van der Waals surface area contributed by atoms with Gasteiger partial charge in [-0.05, 0) is 6.42 Å². The predicted molar refractivity (Wildman–Crippen MR) is 77.2 cm³/mol. The molecule has 0 unspecified atom stereocenters. The molecule has 21 heavy (non-hydrogen) atoms. The van der Waals surface area contributed by atoms with Crippen LogP contribution in [0.25, 0.3) is 0 Å². The van der Waals surface area contributed by atoms with Crippen LogP contribution >= 0.6 is 0 Å². The topological polar surface area (TPSA) is 82.1 Å². The molecule has 0 aliphatic carbocycles. The molecule has 2 rings (SSSR count). The molecule has 2 aliphatic rings. The molecule has 2 aliphatic heterocycles. The van der Waals surface area contributed by atoms with E-state index in [0.717, 1.165) is 0 Å². The van der Waals surface area contributed by atoms with Gasteiger partial charge in [0, 0.05) is 38.3 Å². The highest BCUT2D eigenvalue weighted by Gasteiger charge is 2.36. The molecule has 2 fully saturated rings. The number of nitrogens with one attached hydrogen (secondary N) is 1. The molecule has 0 saturated carbocycles. The maximum Gasteiger partial charge on any atom is 0.407 e. The average Bonchev–Trinajstić information content (AvgIpc) is 2.46. The first-order chi connectivity index (χ1) is 9.97. The van der Waals surface area contributed by atoms with Crippen LogP contribution in [0, 0.1) is 5.92 Å². The van der Waals surface area contributed by atoms with Crippen LogP contribution in [0.5, 0.6) is 0 Å². The normalized spacial score (nSPS) is 27.0. The third kappa shape index (κ3) is 4.31. The van der Waals surface area contributed by atoms with Crippen molar-refractivity contribution in [1.29, 1.82) is 0 Å². The highest BCUT2D eigenvalue weighted by molar-refractivity contribution is 5.80. The maximum atomic E-state index is 12.6. The van der Waals surface area contributed by atoms with Gasteiger partial charge < -0.3 is 25.0 Å². The van der Waals surface area contributed by atoms with Crippen molar-refractivity contribution >= 4 is 12.0 Å². The molecule has 2 N–H and O–H groups in total. The van der Waals surface area contributed by atoms with Crippen LogP contribution in [0.15, 0.2) is 0 Å². The molecule has 0 bridgehead atoms. The Morgan fingerprint density at radius 1 is 1.19 bits per heavy atom. The van der Waals surface area contributed by atoms with Crippen LogP contribution in [0.3, 0.4) is 0 Å². The molecule has 7 nitrogen and oxygen atoms in total. The van der Waals surface area contributed by atoms with Gasteiger partial charge in [0.1, 0.15) is 0 Å². The van der Waals surface area contributed by atoms with E-state index in [0.29, 0.717) is 45.8 Å². The minimum atomic E-state index is -0.954. The number of piperidine rings is 1. The summed E-state index contributed by atoms with van der Waals surface area (Å²) < 4.78 is 5.26. The molecule has 2 atom stereocenters. The SMILES string of the molecule is CC(C)N[C@H]1C[C@@H](C(=O)N2CCOCC2)CN(C(=O)O)C1. The van der Waals surface area contributed by atoms with Gasteiger partial charge >= 0.3 is 6.09 Å². The number of ether oxygens (including phenoxy) is 1. The van der Waals surface area contributed by atoms with E-state index in [1.807, 2.05) is 13.8 Å². The second-order valence-corrected chi connectivity index (χ2v) is 6.08. The Hall–Kier alpha value is -1.34. The van der Waals surface area contributed by atoms with Gasteiger partial charge in [-0.3, -0.25) is 4.79 Å². The van der Waals surface area contributed by atoms with E-state index in [1.165, 1.54) is 4.90 Å². The van der Waals surface area contributed by atoms with E-state index in [-0.39, 0.29) is 23.9 Å². The monoisotopic (exact) mass is 299 g/mol. The van der Waals surface area contributed by atoms with E-state index in [4.69, 9.17) is 4.74 Å². The number of nitrogens with zero attached hydrogens (tertiary/aromatic N) is 2. The molecule has 2 saturated heterocycles. The zero-order valence-corrected chi connectivity index (χ0v) is 12.7. The summed E-state index contributed by atoms with van der Waals surface area (Å²) in [4.78, 5) is 27.0. The number of morpholine rings is 1. The Kier molecular flexibility index (Phi) is 5.41. The Bertz CT molecular complexity index is 382. The minimum Gasteiger partial charge on any atom is -0.465 e. The molecule has 7 heteroatoms. The summed E-state index contributed by atoms with van der Waals surface area (Å²) in [5.74, 6) is -0.205. The first kappa shape index (κ1) is 16.0. The van der Waals surface area contributed by atoms with E-state index in [9.17, 15) is 14.7 Å². The van der Waals surface area contributed by atoms with Gasteiger partial charge in [-0.15, -0.1) is 0 Å². The summed E-state index contributed by atoms with van der Waals surface area (Å²) in [5.41, 5.74) is 0. The van der Waals surface area contributed by atoms with Crippen molar-refractivity contribution in [3.63, 3.8) is 0 Å². The Morgan fingerprint density at radius 3 is 2.43 bits per heavy atom. The summed E-state index contributed by atoms with van der Waals surface area (Å²) in [6.45, 7) is 7.12. The fourth-order valence-electron chi connectivity index (χ4n) is 3.07. The lowest BCUT2D eigenvalue weighted by Crippen LogP contribution is -2.56. The first-order valence-corrected chi connectivity index (χ1v) is 7.58. The Labute approximate surface area is 125 Å². The minimum absolute atomic E-state index is 0.0323. The lowest BCUT2D eigenvalue weighted by atomic mass is 9.92. The zero-order chi connectivity index (χ0) is 15.4. The third-order valence-electron chi connectivity index (χ3n) is 3.96. The van der Waals surface area contributed by atoms with E-state index >= 15 is 0 Å². The molecule has 2 heterocycles. The average molecular weight is 299 g/mol. The van der Waals surface area contributed by atoms with Crippen LogP contribution in [0.2, 0.25) is 0 Å². The van der Waals surface area contributed by atoms with Gasteiger partial charge in [-0.2, -0.15) is 0 Å². The quantitative estimate of drug-likeness (QED) is 0.778. The highest BCUT2D eigenvalue weighted by atomic mass is 16.5. The number of amides is 2. The van der Waals surface area contributed by atoms with Gasteiger partial charge in [0.25, 0.3) is 0 Å². The molecule has 0 aromatic carbocycles. The number of carboxylic acid groups (broad SMARTS) is 1. The van der Waals surface area contributed by atoms with Crippen LogP contribution in [0.4, 0.5) is 4.79 Å². The van der Waals surface area contributed by atoms with Crippen molar-refractivity contribution in [2.75, 3.05) is 39.4 Å². The van der Waals surface area contributed by atoms with Gasteiger partial charge in [-0.25, -0.2) is 4.79 Å².